The van der Waals surface area contributed by atoms with Gasteiger partial charge in [0.2, 0.25) is 5.01 Å². The summed E-state index contributed by atoms with van der Waals surface area (Å²) in [4.78, 5) is 26.5. The SMILES string of the molecule is CC(C)NC(=O)N1CCC[C@@H]1c1nnc(C(=O)Nc2ccc(Cl)cc2)s1. The van der Waals surface area contributed by atoms with Crippen molar-refractivity contribution in [1.82, 2.24) is 20.4 Å². The van der Waals surface area contributed by atoms with Crippen molar-refractivity contribution in [3.63, 3.8) is 0 Å². The smallest absolute Gasteiger partial charge is 0.318 e. The first-order valence-corrected chi connectivity index (χ1v) is 9.61. The molecule has 0 bridgehead atoms. The first-order valence-electron chi connectivity index (χ1n) is 8.41. The Labute approximate surface area is 160 Å². The second kappa shape index (κ2) is 8.01. The Morgan fingerprint density at radius 2 is 2.00 bits per heavy atom. The van der Waals surface area contributed by atoms with E-state index in [2.05, 4.69) is 20.8 Å². The molecule has 26 heavy (non-hydrogen) atoms. The van der Waals surface area contributed by atoms with Crippen molar-refractivity contribution in [3.05, 3.63) is 39.3 Å². The highest BCUT2D eigenvalue weighted by Gasteiger charge is 2.33. The molecule has 1 atom stereocenters. The van der Waals surface area contributed by atoms with Crippen molar-refractivity contribution >= 4 is 40.6 Å². The van der Waals surface area contributed by atoms with E-state index in [1.165, 1.54) is 11.3 Å². The Hall–Kier alpha value is -2.19. The van der Waals surface area contributed by atoms with Crippen LogP contribution in [0.2, 0.25) is 5.02 Å². The van der Waals surface area contributed by atoms with Gasteiger partial charge in [0.1, 0.15) is 5.01 Å². The second-order valence-electron chi connectivity index (χ2n) is 6.36. The minimum atomic E-state index is -0.327. The number of likely N-dealkylation sites (tertiary alicyclic amines) is 1. The summed E-state index contributed by atoms with van der Waals surface area (Å²) in [6.45, 7) is 4.52. The van der Waals surface area contributed by atoms with Gasteiger partial charge < -0.3 is 15.5 Å². The average molecular weight is 394 g/mol. The summed E-state index contributed by atoms with van der Waals surface area (Å²) in [5.74, 6) is -0.327. The Morgan fingerprint density at radius 1 is 1.27 bits per heavy atom. The molecule has 1 saturated heterocycles. The van der Waals surface area contributed by atoms with Gasteiger partial charge in [-0.05, 0) is 51.0 Å². The summed E-state index contributed by atoms with van der Waals surface area (Å²) < 4.78 is 0. The van der Waals surface area contributed by atoms with Crippen molar-refractivity contribution in [2.75, 3.05) is 11.9 Å². The summed E-state index contributed by atoms with van der Waals surface area (Å²) in [5, 5.41) is 15.4. The molecular formula is C17H20ClN5O2S. The van der Waals surface area contributed by atoms with Crippen LogP contribution in [-0.2, 0) is 0 Å². The molecule has 2 N–H and O–H groups in total. The lowest BCUT2D eigenvalue weighted by Crippen LogP contribution is -2.42. The third kappa shape index (κ3) is 4.31. The number of nitrogens with one attached hydrogen (secondary N) is 2. The number of anilines is 1. The molecule has 1 aliphatic heterocycles. The molecule has 2 aromatic rings. The van der Waals surface area contributed by atoms with Gasteiger partial charge in [0.25, 0.3) is 5.91 Å². The van der Waals surface area contributed by atoms with Crippen molar-refractivity contribution < 1.29 is 9.59 Å². The largest absolute Gasteiger partial charge is 0.336 e. The molecule has 3 amide bonds. The zero-order valence-corrected chi connectivity index (χ0v) is 16.1. The molecule has 138 valence electrons. The summed E-state index contributed by atoms with van der Waals surface area (Å²) in [6, 6.07) is 6.67. The molecule has 0 aliphatic carbocycles. The lowest BCUT2D eigenvalue weighted by atomic mass is 10.2. The van der Waals surface area contributed by atoms with Crippen molar-refractivity contribution in [3.8, 4) is 0 Å². The number of aromatic nitrogens is 2. The lowest BCUT2D eigenvalue weighted by Gasteiger charge is -2.24. The summed E-state index contributed by atoms with van der Waals surface area (Å²) in [7, 11) is 0. The van der Waals surface area contributed by atoms with Crippen LogP contribution in [0.5, 0.6) is 0 Å². The number of halogens is 1. The second-order valence-corrected chi connectivity index (χ2v) is 7.81. The molecule has 0 saturated carbocycles. The maximum Gasteiger partial charge on any atom is 0.318 e. The number of urea groups is 1. The van der Waals surface area contributed by atoms with Gasteiger partial charge in [-0.15, -0.1) is 10.2 Å². The van der Waals surface area contributed by atoms with Crippen LogP contribution in [0.15, 0.2) is 24.3 Å². The highest BCUT2D eigenvalue weighted by atomic mass is 35.5. The normalized spacial score (nSPS) is 16.8. The summed E-state index contributed by atoms with van der Waals surface area (Å²) in [6.07, 6.45) is 1.72. The number of nitrogens with zero attached hydrogens (tertiary/aromatic N) is 3. The summed E-state index contributed by atoms with van der Waals surface area (Å²) in [5.41, 5.74) is 0.634. The standard InChI is InChI=1S/C17H20ClN5O2S/c1-10(2)19-17(25)23-9-3-4-13(23)15-21-22-16(26-15)14(24)20-12-7-5-11(18)6-8-12/h5-8,10,13H,3-4,9H2,1-2H3,(H,19,25)(H,20,24)/t13-/m1/s1. The third-order valence-corrected chi connectivity index (χ3v) is 5.22. The predicted octanol–water partition coefficient (Wildman–Crippen LogP) is 3.70. The maximum absolute atomic E-state index is 12.4. The monoisotopic (exact) mass is 393 g/mol. The Balaban J connectivity index is 1.69. The Bertz CT molecular complexity index is 793. The van der Waals surface area contributed by atoms with Crippen LogP contribution in [0.1, 0.15) is 47.5 Å². The van der Waals surface area contributed by atoms with Crippen LogP contribution in [-0.4, -0.2) is 39.6 Å². The van der Waals surface area contributed by atoms with E-state index in [1.54, 1.807) is 29.2 Å². The van der Waals surface area contributed by atoms with Gasteiger partial charge >= 0.3 is 6.03 Å². The van der Waals surface area contributed by atoms with Crippen molar-refractivity contribution in [2.45, 2.75) is 38.8 Å². The number of rotatable bonds is 4. The Morgan fingerprint density at radius 3 is 2.69 bits per heavy atom. The van der Waals surface area contributed by atoms with Gasteiger partial charge in [-0.25, -0.2) is 4.79 Å². The molecule has 9 heteroatoms. The van der Waals surface area contributed by atoms with Gasteiger partial charge in [0.15, 0.2) is 0 Å². The molecule has 3 rings (SSSR count). The third-order valence-electron chi connectivity index (χ3n) is 3.95. The molecular weight excluding hydrogens is 374 g/mol. The zero-order chi connectivity index (χ0) is 18.7. The fourth-order valence-corrected chi connectivity index (χ4v) is 3.79. The van der Waals surface area contributed by atoms with E-state index in [9.17, 15) is 9.59 Å². The number of amides is 3. The number of carbonyl (C=O) groups excluding carboxylic acids is 2. The molecule has 0 spiro atoms. The number of hydrogen-bond donors (Lipinski definition) is 2. The maximum atomic E-state index is 12.4. The molecule has 1 fully saturated rings. The molecule has 1 aliphatic rings. The summed E-state index contributed by atoms with van der Waals surface area (Å²) >= 11 is 7.06. The molecule has 1 aromatic carbocycles. The molecule has 0 unspecified atom stereocenters. The van der Waals surface area contributed by atoms with E-state index in [4.69, 9.17) is 11.6 Å². The van der Waals surface area contributed by atoms with E-state index in [1.807, 2.05) is 13.8 Å². The van der Waals surface area contributed by atoms with E-state index >= 15 is 0 Å². The van der Waals surface area contributed by atoms with Crippen LogP contribution in [0.3, 0.4) is 0 Å². The van der Waals surface area contributed by atoms with E-state index in [-0.39, 0.29) is 29.0 Å². The lowest BCUT2D eigenvalue weighted by molar-refractivity contribution is 0.102. The zero-order valence-electron chi connectivity index (χ0n) is 14.5. The molecule has 2 heterocycles. The van der Waals surface area contributed by atoms with Crippen molar-refractivity contribution in [2.24, 2.45) is 0 Å². The molecule has 7 nitrogen and oxygen atoms in total. The molecule has 1 aromatic heterocycles. The highest BCUT2D eigenvalue weighted by Crippen LogP contribution is 2.33. The van der Waals surface area contributed by atoms with Gasteiger partial charge in [0, 0.05) is 23.3 Å². The van der Waals surface area contributed by atoms with Crippen LogP contribution >= 0.6 is 22.9 Å². The van der Waals surface area contributed by atoms with Gasteiger partial charge in [0.05, 0.1) is 6.04 Å². The van der Waals surface area contributed by atoms with E-state index < -0.39 is 0 Å². The number of benzene rings is 1. The minimum Gasteiger partial charge on any atom is -0.336 e. The Kier molecular flexibility index (Phi) is 5.73. The fourth-order valence-electron chi connectivity index (χ4n) is 2.78. The predicted molar refractivity (Wildman–Crippen MR) is 102 cm³/mol. The average Bonchev–Trinajstić information content (AvgIpc) is 3.25. The quantitative estimate of drug-likeness (QED) is 0.829. The topological polar surface area (TPSA) is 87.2 Å². The van der Waals surface area contributed by atoms with Gasteiger partial charge in [-0.3, -0.25) is 4.79 Å². The number of hydrogen-bond acceptors (Lipinski definition) is 5. The van der Waals surface area contributed by atoms with Crippen LogP contribution in [0.4, 0.5) is 10.5 Å². The van der Waals surface area contributed by atoms with E-state index in [0.29, 0.717) is 22.3 Å². The highest BCUT2D eigenvalue weighted by molar-refractivity contribution is 7.13. The van der Waals surface area contributed by atoms with Gasteiger partial charge in [-0.2, -0.15) is 0 Å². The fraction of sp³-hybridized carbons (Fsp3) is 0.412. The van der Waals surface area contributed by atoms with Crippen LogP contribution < -0.4 is 10.6 Å². The van der Waals surface area contributed by atoms with Crippen LogP contribution in [0.25, 0.3) is 0 Å². The van der Waals surface area contributed by atoms with Crippen molar-refractivity contribution in [1.29, 1.82) is 0 Å². The molecule has 0 radical (unpaired) electrons. The first kappa shape index (κ1) is 18.6. The van der Waals surface area contributed by atoms with E-state index in [0.717, 1.165) is 12.8 Å². The van der Waals surface area contributed by atoms with Gasteiger partial charge in [-0.1, -0.05) is 22.9 Å². The number of carbonyl (C=O) groups is 2. The van der Waals surface area contributed by atoms with Crippen LogP contribution in [0, 0.1) is 0 Å². The first-order chi connectivity index (χ1) is 12.4. The minimum absolute atomic E-state index is 0.0684.